The van der Waals surface area contributed by atoms with Gasteiger partial charge in [0.05, 0.1) is 6.10 Å². The highest BCUT2D eigenvalue weighted by Crippen LogP contribution is 2.19. The van der Waals surface area contributed by atoms with Crippen molar-refractivity contribution < 1.29 is 23.4 Å². The van der Waals surface area contributed by atoms with Crippen molar-refractivity contribution >= 4 is 0 Å². The molecule has 0 radical (unpaired) electrons. The zero-order chi connectivity index (χ0) is 11.2. The SMILES string of the molecule is CC(O)CCCC#CC(O)C(F)(F)F. The van der Waals surface area contributed by atoms with E-state index in [1.54, 1.807) is 12.8 Å². The molecule has 0 saturated carbocycles. The minimum atomic E-state index is -4.67. The summed E-state index contributed by atoms with van der Waals surface area (Å²) >= 11 is 0. The molecule has 0 aliphatic rings. The molecule has 5 heteroatoms. The first-order valence-electron chi connectivity index (χ1n) is 4.25. The Morgan fingerprint density at radius 2 is 1.86 bits per heavy atom. The maximum atomic E-state index is 11.7. The molecule has 14 heavy (non-hydrogen) atoms. The van der Waals surface area contributed by atoms with Crippen LogP contribution in [-0.4, -0.2) is 28.6 Å². The van der Waals surface area contributed by atoms with Crippen LogP contribution in [0, 0.1) is 11.8 Å². The molecule has 2 N–H and O–H groups in total. The Morgan fingerprint density at radius 1 is 1.29 bits per heavy atom. The molecule has 0 saturated heterocycles. The zero-order valence-corrected chi connectivity index (χ0v) is 7.80. The number of rotatable bonds is 3. The van der Waals surface area contributed by atoms with Crippen LogP contribution in [0.15, 0.2) is 0 Å². The normalized spacial score (nSPS) is 15.6. The van der Waals surface area contributed by atoms with Crippen molar-refractivity contribution in [2.75, 3.05) is 0 Å². The van der Waals surface area contributed by atoms with Gasteiger partial charge in [-0.15, -0.1) is 5.92 Å². The second kappa shape index (κ2) is 5.89. The number of halogens is 3. The van der Waals surface area contributed by atoms with Crippen LogP contribution in [0.5, 0.6) is 0 Å². The molecule has 0 bridgehead atoms. The van der Waals surface area contributed by atoms with Gasteiger partial charge in [-0.25, -0.2) is 0 Å². The molecule has 0 aromatic rings. The van der Waals surface area contributed by atoms with Crippen LogP contribution in [0.4, 0.5) is 13.2 Å². The van der Waals surface area contributed by atoms with Crippen molar-refractivity contribution in [3.63, 3.8) is 0 Å². The minimum Gasteiger partial charge on any atom is -0.393 e. The van der Waals surface area contributed by atoms with E-state index in [0.717, 1.165) is 0 Å². The number of hydrogen-bond donors (Lipinski definition) is 2. The fourth-order valence-electron chi connectivity index (χ4n) is 0.737. The summed E-state index contributed by atoms with van der Waals surface area (Å²) in [4.78, 5) is 0. The lowest BCUT2D eigenvalue weighted by Crippen LogP contribution is -2.26. The van der Waals surface area contributed by atoms with Crippen LogP contribution in [0.25, 0.3) is 0 Å². The molecule has 0 aromatic heterocycles. The molecule has 0 rings (SSSR count). The predicted octanol–water partition coefficient (Wildman–Crippen LogP) is 1.46. The number of aliphatic hydroxyl groups excluding tert-OH is 2. The predicted molar refractivity (Wildman–Crippen MR) is 45.4 cm³/mol. The minimum absolute atomic E-state index is 0.248. The van der Waals surface area contributed by atoms with Crippen molar-refractivity contribution in [2.24, 2.45) is 0 Å². The van der Waals surface area contributed by atoms with E-state index in [1.165, 1.54) is 0 Å². The topological polar surface area (TPSA) is 40.5 Å². The third kappa shape index (κ3) is 6.75. The molecule has 0 amide bonds. The summed E-state index contributed by atoms with van der Waals surface area (Å²) in [5.41, 5.74) is 0. The summed E-state index contributed by atoms with van der Waals surface area (Å²) in [6, 6.07) is 0. The lowest BCUT2D eigenvalue weighted by atomic mass is 10.2. The largest absolute Gasteiger partial charge is 0.425 e. The first kappa shape index (κ1) is 13.3. The molecular weight excluding hydrogens is 197 g/mol. The van der Waals surface area contributed by atoms with Crippen molar-refractivity contribution in [1.29, 1.82) is 0 Å². The van der Waals surface area contributed by atoms with Crippen molar-refractivity contribution in [1.82, 2.24) is 0 Å². The molecule has 0 fully saturated rings. The van der Waals surface area contributed by atoms with Crippen LogP contribution >= 0.6 is 0 Å². The van der Waals surface area contributed by atoms with Gasteiger partial charge in [0.15, 0.2) is 0 Å². The van der Waals surface area contributed by atoms with Crippen LogP contribution < -0.4 is 0 Å². The van der Waals surface area contributed by atoms with E-state index in [-0.39, 0.29) is 6.42 Å². The highest BCUT2D eigenvalue weighted by molar-refractivity contribution is 5.06. The van der Waals surface area contributed by atoms with Gasteiger partial charge in [0, 0.05) is 6.42 Å². The van der Waals surface area contributed by atoms with Crippen LogP contribution in [-0.2, 0) is 0 Å². The molecule has 0 heterocycles. The molecule has 0 spiro atoms. The first-order valence-corrected chi connectivity index (χ1v) is 4.25. The third-order valence-corrected chi connectivity index (χ3v) is 1.47. The van der Waals surface area contributed by atoms with Crippen LogP contribution in [0.3, 0.4) is 0 Å². The Labute approximate surface area is 80.7 Å². The van der Waals surface area contributed by atoms with Gasteiger partial charge in [-0.2, -0.15) is 13.2 Å². The van der Waals surface area contributed by atoms with Crippen molar-refractivity contribution in [3.8, 4) is 11.8 Å². The Kier molecular flexibility index (Phi) is 5.58. The average molecular weight is 210 g/mol. The van der Waals surface area contributed by atoms with Crippen LogP contribution in [0.1, 0.15) is 26.2 Å². The van der Waals surface area contributed by atoms with Gasteiger partial charge in [0.1, 0.15) is 0 Å². The third-order valence-electron chi connectivity index (χ3n) is 1.47. The maximum absolute atomic E-state index is 11.7. The number of unbranched alkanes of at least 4 members (excludes halogenated alkanes) is 1. The number of hydrogen-bond acceptors (Lipinski definition) is 2. The van der Waals surface area contributed by atoms with E-state index in [2.05, 4.69) is 5.92 Å². The van der Waals surface area contributed by atoms with E-state index in [0.29, 0.717) is 12.8 Å². The Morgan fingerprint density at radius 3 is 2.29 bits per heavy atom. The van der Waals surface area contributed by atoms with E-state index < -0.39 is 18.4 Å². The van der Waals surface area contributed by atoms with Gasteiger partial charge in [0.2, 0.25) is 6.10 Å². The fraction of sp³-hybridized carbons (Fsp3) is 0.778. The molecule has 0 aromatic carbocycles. The van der Waals surface area contributed by atoms with Gasteiger partial charge < -0.3 is 10.2 Å². The fourth-order valence-corrected chi connectivity index (χ4v) is 0.737. The number of alkyl halides is 3. The molecule has 0 aliphatic carbocycles. The molecule has 0 aliphatic heterocycles. The Balaban J connectivity index is 3.72. The molecule has 2 unspecified atom stereocenters. The van der Waals surface area contributed by atoms with E-state index in [4.69, 9.17) is 10.2 Å². The smallest absolute Gasteiger partial charge is 0.393 e. The summed E-state index contributed by atoms with van der Waals surface area (Å²) in [5, 5.41) is 17.3. The lowest BCUT2D eigenvalue weighted by Gasteiger charge is -2.06. The standard InChI is InChI=1S/C9H13F3O2/c1-7(13)5-3-2-4-6-8(14)9(10,11)12/h7-8,13-14H,2-3,5H2,1H3. The van der Waals surface area contributed by atoms with Gasteiger partial charge in [-0.05, 0) is 19.8 Å². The highest BCUT2D eigenvalue weighted by atomic mass is 19.4. The summed E-state index contributed by atoms with van der Waals surface area (Å²) < 4.78 is 35.1. The summed E-state index contributed by atoms with van der Waals surface area (Å²) in [6.07, 6.45) is -6.43. The summed E-state index contributed by atoms with van der Waals surface area (Å²) in [6.45, 7) is 1.60. The van der Waals surface area contributed by atoms with Gasteiger partial charge in [-0.3, -0.25) is 0 Å². The second-order valence-electron chi connectivity index (χ2n) is 3.01. The monoisotopic (exact) mass is 210 g/mol. The van der Waals surface area contributed by atoms with Crippen LogP contribution in [0.2, 0.25) is 0 Å². The zero-order valence-electron chi connectivity index (χ0n) is 7.80. The van der Waals surface area contributed by atoms with Gasteiger partial charge in [-0.1, -0.05) is 5.92 Å². The first-order chi connectivity index (χ1) is 6.34. The quantitative estimate of drug-likeness (QED) is 0.547. The molecule has 82 valence electrons. The average Bonchev–Trinajstić information content (AvgIpc) is 2.01. The second-order valence-corrected chi connectivity index (χ2v) is 3.01. The molecule has 2 atom stereocenters. The number of aliphatic hydroxyl groups is 2. The van der Waals surface area contributed by atoms with E-state index >= 15 is 0 Å². The highest BCUT2D eigenvalue weighted by Gasteiger charge is 2.36. The van der Waals surface area contributed by atoms with E-state index in [9.17, 15) is 13.2 Å². The van der Waals surface area contributed by atoms with Crippen molar-refractivity contribution in [2.45, 2.75) is 44.6 Å². The van der Waals surface area contributed by atoms with Crippen molar-refractivity contribution in [3.05, 3.63) is 0 Å². The lowest BCUT2D eigenvalue weighted by molar-refractivity contribution is -0.184. The molecule has 2 nitrogen and oxygen atoms in total. The Bertz CT molecular complexity index is 212. The maximum Gasteiger partial charge on any atom is 0.425 e. The summed E-state index contributed by atoms with van der Waals surface area (Å²) in [5.74, 6) is 3.91. The van der Waals surface area contributed by atoms with Gasteiger partial charge in [0.25, 0.3) is 0 Å². The Hall–Kier alpha value is -0.730. The van der Waals surface area contributed by atoms with E-state index in [1.807, 2.05) is 0 Å². The molecular formula is C9H13F3O2. The summed E-state index contributed by atoms with van der Waals surface area (Å²) in [7, 11) is 0. The van der Waals surface area contributed by atoms with Gasteiger partial charge >= 0.3 is 6.18 Å².